The van der Waals surface area contributed by atoms with Gasteiger partial charge in [-0.05, 0) is 17.7 Å². The molecule has 0 spiro atoms. The Labute approximate surface area is 130 Å². The van der Waals surface area contributed by atoms with Crippen molar-refractivity contribution in [3.05, 3.63) is 23.8 Å². The van der Waals surface area contributed by atoms with Crippen molar-refractivity contribution in [2.45, 2.75) is 18.1 Å². The van der Waals surface area contributed by atoms with E-state index in [0.29, 0.717) is 18.1 Å². The molecule has 0 saturated heterocycles. The number of benzene rings is 1. The molecule has 1 saturated carbocycles. The highest BCUT2D eigenvalue weighted by Gasteiger charge is 2.69. The van der Waals surface area contributed by atoms with E-state index in [0.717, 1.165) is 5.56 Å². The minimum Gasteiger partial charge on any atom is -0.454 e. The van der Waals surface area contributed by atoms with Crippen LogP contribution in [0.3, 0.4) is 0 Å². The van der Waals surface area contributed by atoms with Crippen LogP contribution in [-0.4, -0.2) is 46.5 Å². The Morgan fingerprint density at radius 3 is 2.73 bits per heavy atom. The molecule has 0 unspecified atom stereocenters. The number of nitrogens with two attached hydrogens (primary N) is 1. The minimum atomic E-state index is -3.21. The van der Waals surface area contributed by atoms with Crippen LogP contribution in [0.25, 0.3) is 0 Å². The molecule has 22 heavy (non-hydrogen) atoms. The second-order valence-corrected chi connectivity index (χ2v) is 8.24. The first-order chi connectivity index (χ1) is 10.5. The standard InChI is InChI=1S/C15H21NO5S/c1-3-22(17,18)14-13(15(14,7-16)8-19-2)10-4-5-11-12(6-10)21-9-20-11/h4-6,13-14H,3,7-9,16H2,1-2H3/t13-,14-,15-/m1/s1. The van der Waals surface area contributed by atoms with Gasteiger partial charge in [-0.1, -0.05) is 13.0 Å². The predicted octanol–water partition coefficient (Wildman–Crippen LogP) is 0.907. The van der Waals surface area contributed by atoms with E-state index in [1.165, 1.54) is 0 Å². The highest BCUT2D eigenvalue weighted by atomic mass is 32.2. The largest absolute Gasteiger partial charge is 0.454 e. The Kier molecular flexibility index (Phi) is 3.82. The van der Waals surface area contributed by atoms with E-state index >= 15 is 0 Å². The molecule has 7 heteroatoms. The van der Waals surface area contributed by atoms with Crippen LogP contribution in [-0.2, 0) is 14.6 Å². The Bertz CT molecular complexity index is 675. The quantitative estimate of drug-likeness (QED) is 0.835. The highest BCUT2D eigenvalue weighted by Crippen LogP contribution is 2.63. The number of hydrogen-bond acceptors (Lipinski definition) is 6. The van der Waals surface area contributed by atoms with Crippen LogP contribution in [0.15, 0.2) is 18.2 Å². The van der Waals surface area contributed by atoms with Gasteiger partial charge >= 0.3 is 0 Å². The molecule has 1 aromatic carbocycles. The molecule has 1 aromatic rings. The summed E-state index contributed by atoms with van der Waals surface area (Å²) < 4.78 is 40.9. The lowest BCUT2D eigenvalue weighted by Crippen LogP contribution is -2.28. The van der Waals surface area contributed by atoms with Gasteiger partial charge in [-0.25, -0.2) is 8.42 Å². The average molecular weight is 327 g/mol. The molecule has 1 aliphatic heterocycles. The first-order valence-corrected chi connectivity index (χ1v) is 9.02. The molecule has 122 valence electrons. The fraction of sp³-hybridized carbons (Fsp3) is 0.600. The third kappa shape index (κ3) is 2.19. The molecule has 0 bridgehead atoms. The van der Waals surface area contributed by atoms with E-state index in [9.17, 15) is 8.42 Å². The molecule has 3 atom stereocenters. The van der Waals surface area contributed by atoms with E-state index in [-0.39, 0.29) is 25.0 Å². The van der Waals surface area contributed by atoms with Gasteiger partial charge in [0.2, 0.25) is 6.79 Å². The van der Waals surface area contributed by atoms with Crippen molar-refractivity contribution in [1.29, 1.82) is 0 Å². The number of rotatable bonds is 6. The summed E-state index contributed by atoms with van der Waals surface area (Å²) in [6, 6.07) is 5.57. The van der Waals surface area contributed by atoms with E-state index in [2.05, 4.69) is 0 Å². The van der Waals surface area contributed by atoms with Crippen molar-refractivity contribution >= 4 is 9.84 Å². The summed E-state index contributed by atoms with van der Waals surface area (Å²) in [5.41, 5.74) is 6.29. The molecule has 0 aromatic heterocycles. The fourth-order valence-electron chi connectivity index (χ4n) is 3.55. The number of ether oxygens (including phenoxy) is 3. The maximum atomic E-state index is 12.5. The van der Waals surface area contributed by atoms with Gasteiger partial charge in [0.15, 0.2) is 21.3 Å². The summed E-state index contributed by atoms with van der Waals surface area (Å²) in [5, 5.41) is -0.504. The number of methoxy groups -OCH3 is 1. The van der Waals surface area contributed by atoms with Gasteiger partial charge in [0.25, 0.3) is 0 Å². The van der Waals surface area contributed by atoms with Gasteiger partial charge in [0, 0.05) is 30.7 Å². The Morgan fingerprint density at radius 2 is 2.09 bits per heavy atom. The zero-order chi connectivity index (χ0) is 16.0. The second kappa shape index (κ2) is 5.40. The van der Waals surface area contributed by atoms with Crippen molar-refractivity contribution in [2.24, 2.45) is 11.1 Å². The van der Waals surface area contributed by atoms with E-state index in [4.69, 9.17) is 19.9 Å². The van der Waals surface area contributed by atoms with Crippen LogP contribution >= 0.6 is 0 Å². The van der Waals surface area contributed by atoms with Crippen LogP contribution in [0, 0.1) is 5.41 Å². The predicted molar refractivity (Wildman–Crippen MR) is 81.9 cm³/mol. The summed E-state index contributed by atoms with van der Waals surface area (Å²) in [6.07, 6.45) is 0. The number of fused-ring (bicyclic) bond motifs is 1. The topological polar surface area (TPSA) is 87.9 Å². The molecular weight excluding hydrogens is 306 g/mol. The summed E-state index contributed by atoms with van der Waals surface area (Å²) in [7, 11) is -1.64. The van der Waals surface area contributed by atoms with Crippen LogP contribution in [0.2, 0.25) is 0 Å². The zero-order valence-electron chi connectivity index (χ0n) is 12.7. The minimum absolute atomic E-state index is 0.101. The third-order valence-electron chi connectivity index (χ3n) is 4.72. The van der Waals surface area contributed by atoms with Crippen molar-refractivity contribution in [2.75, 3.05) is 32.8 Å². The maximum absolute atomic E-state index is 12.5. The van der Waals surface area contributed by atoms with Gasteiger partial charge in [-0.15, -0.1) is 0 Å². The molecule has 3 rings (SSSR count). The number of hydrogen-bond donors (Lipinski definition) is 1. The monoisotopic (exact) mass is 327 g/mol. The van der Waals surface area contributed by atoms with Crippen molar-refractivity contribution in [3.63, 3.8) is 0 Å². The molecule has 1 fully saturated rings. The maximum Gasteiger partial charge on any atom is 0.231 e. The van der Waals surface area contributed by atoms with Gasteiger partial charge in [0.1, 0.15) is 0 Å². The Morgan fingerprint density at radius 1 is 1.36 bits per heavy atom. The molecule has 0 radical (unpaired) electrons. The lowest BCUT2D eigenvalue weighted by molar-refractivity contribution is 0.142. The Hall–Kier alpha value is -1.31. The zero-order valence-corrected chi connectivity index (χ0v) is 13.6. The molecular formula is C15H21NO5S. The van der Waals surface area contributed by atoms with Gasteiger partial charge in [-0.3, -0.25) is 0 Å². The van der Waals surface area contributed by atoms with Gasteiger partial charge in [-0.2, -0.15) is 0 Å². The molecule has 2 N–H and O–H groups in total. The van der Waals surface area contributed by atoms with E-state index in [1.54, 1.807) is 14.0 Å². The molecule has 0 amide bonds. The normalized spacial score (nSPS) is 29.6. The van der Waals surface area contributed by atoms with Gasteiger partial charge in [0.05, 0.1) is 11.9 Å². The first kappa shape index (κ1) is 15.6. The molecule has 2 aliphatic rings. The summed E-state index contributed by atoms with van der Waals surface area (Å²) in [6.45, 7) is 2.45. The Balaban J connectivity index is 2.00. The summed E-state index contributed by atoms with van der Waals surface area (Å²) >= 11 is 0. The highest BCUT2D eigenvalue weighted by molar-refractivity contribution is 7.92. The number of sulfone groups is 1. The van der Waals surface area contributed by atoms with Crippen molar-refractivity contribution in [1.82, 2.24) is 0 Å². The second-order valence-electron chi connectivity index (χ2n) is 5.83. The molecule has 1 aliphatic carbocycles. The smallest absolute Gasteiger partial charge is 0.231 e. The average Bonchev–Trinajstić information content (AvgIpc) is 2.96. The van der Waals surface area contributed by atoms with Gasteiger partial charge < -0.3 is 19.9 Å². The summed E-state index contributed by atoms with van der Waals surface area (Å²) in [4.78, 5) is 0. The van der Waals surface area contributed by atoms with Crippen molar-refractivity contribution in [3.8, 4) is 11.5 Å². The van der Waals surface area contributed by atoms with Crippen LogP contribution < -0.4 is 15.2 Å². The lowest BCUT2D eigenvalue weighted by Gasteiger charge is -2.14. The summed E-state index contributed by atoms with van der Waals surface area (Å²) in [5.74, 6) is 1.27. The van der Waals surface area contributed by atoms with Crippen molar-refractivity contribution < 1.29 is 22.6 Å². The lowest BCUT2D eigenvalue weighted by atomic mass is 9.99. The fourth-order valence-corrected chi connectivity index (χ4v) is 5.70. The molecule has 1 heterocycles. The first-order valence-electron chi connectivity index (χ1n) is 7.30. The van der Waals surface area contributed by atoms with Crippen LogP contribution in [0.5, 0.6) is 11.5 Å². The third-order valence-corrected chi connectivity index (χ3v) is 7.04. The molecule has 6 nitrogen and oxygen atoms in total. The van der Waals surface area contributed by atoms with Crippen LogP contribution in [0.1, 0.15) is 18.4 Å². The van der Waals surface area contributed by atoms with E-state index in [1.807, 2.05) is 18.2 Å². The van der Waals surface area contributed by atoms with E-state index < -0.39 is 20.5 Å². The van der Waals surface area contributed by atoms with Crippen LogP contribution in [0.4, 0.5) is 0 Å². The SMILES string of the molecule is CCS(=O)(=O)[C@@H]1[C@@H](c2ccc3c(c2)OCO3)[C@@]1(CN)COC.